The maximum Gasteiger partial charge on any atom is 0.322 e. The summed E-state index contributed by atoms with van der Waals surface area (Å²) in [5.41, 5.74) is 5.38. The summed E-state index contributed by atoms with van der Waals surface area (Å²) in [5, 5.41) is 9.49. The third kappa shape index (κ3) is 2.80. The van der Waals surface area contributed by atoms with Crippen molar-refractivity contribution in [1.82, 2.24) is 4.31 Å². The maximum absolute atomic E-state index is 13.0. The molecule has 2 fully saturated rings. The van der Waals surface area contributed by atoms with Crippen LogP contribution in [0.2, 0.25) is 0 Å². The van der Waals surface area contributed by atoms with Crippen LogP contribution in [0.25, 0.3) is 0 Å². The Morgan fingerprint density at radius 3 is 2.33 bits per heavy atom. The molecular weight excluding hydrogens is 332 g/mol. The van der Waals surface area contributed by atoms with Crippen molar-refractivity contribution in [3.63, 3.8) is 0 Å². The van der Waals surface area contributed by atoms with E-state index in [1.165, 1.54) is 28.6 Å². The van der Waals surface area contributed by atoms with Crippen LogP contribution >= 0.6 is 0 Å². The van der Waals surface area contributed by atoms with Crippen molar-refractivity contribution in [3.8, 4) is 0 Å². The molecule has 0 spiro atoms. The maximum atomic E-state index is 13.0. The second-order valence-corrected chi connectivity index (χ2v) is 8.27. The molecule has 1 aromatic rings. The molecule has 1 aliphatic heterocycles. The topological polar surface area (TPSA) is 118 Å². The van der Waals surface area contributed by atoms with Gasteiger partial charge in [-0.2, -0.15) is 4.31 Å². The first-order chi connectivity index (χ1) is 11.3. The second kappa shape index (κ2) is 6.18. The molecule has 130 valence electrons. The van der Waals surface area contributed by atoms with Crippen LogP contribution in [0.5, 0.6) is 0 Å². The van der Waals surface area contributed by atoms with Crippen molar-refractivity contribution in [2.24, 2.45) is 11.7 Å². The van der Waals surface area contributed by atoms with Gasteiger partial charge in [0.2, 0.25) is 15.9 Å². The number of benzene rings is 1. The van der Waals surface area contributed by atoms with Crippen LogP contribution in [-0.2, 0) is 14.8 Å². The summed E-state index contributed by atoms with van der Waals surface area (Å²) in [6.07, 6.45) is 3.82. The monoisotopic (exact) mass is 352 g/mol. The van der Waals surface area contributed by atoms with Gasteiger partial charge in [-0.25, -0.2) is 8.42 Å². The lowest BCUT2D eigenvalue weighted by Crippen LogP contribution is -2.46. The van der Waals surface area contributed by atoms with Crippen LogP contribution in [0, 0.1) is 5.92 Å². The van der Waals surface area contributed by atoms with Crippen molar-refractivity contribution in [2.75, 3.05) is 0 Å². The Morgan fingerprint density at radius 2 is 1.75 bits per heavy atom. The molecule has 1 saturated heterocycles. The van der Waals surface area contributed by atoms with Gasteiger partial charge in [0, 0.05) is 11.6 Å². The number of fused-ring (bicyclic) bond motifs is 1. The van der Waals surface area contributed by atoms with Crippen molar-refractivity contribution in [3.05, 3.63) is 29.8 Å². The van der Waals surface area contributed by atoms with E-state index in [1.807, 2.05) is 0 Å². The smallest absolute Gasteiger partial charge is 0.322 e. The molecule has 2 aliphatic rings. The van der Waals surface area contributed by atoms with E-state index in [-0.39, 0.29) is 22.4 Å². The summed E-state index contributed by atoms with van der Waals surface area (Å²) in [6, 6.07) is 4.02. The lowest BCUT2D eigenvalue weighted by Gasteiger charge is -2.32. The lowest BCUT2D eigenvalue weighted by molar-refractivity contribution is -0.141. The van der Waals surface area contributed by atoms with E-state index in [4.69, 9.17) is 5.73 Å². The van der Waals surface area contributed by atoms with E-state index in [2.05, 4.69) is 0 Å². The van der Waals surface area contributed by atoms with Crippen molar-refractivity contribution >= 4 is 21.9 Å². The zero-order chi connectivity index (χ0) is 17.5. The van der Waals surface area contributed by atoms with Gasteiger partial charge in [-0.3, -0.25) is 9.59 Å². The number of aliphatic carboxylic acids is 1. The van der Waals surface area contributed by atoms with Crippen LogP contribution in [0.1, 0.15) is 42.5 Å². The number of carbonyl (C=O) groups is 2. The normalized spacial score (nSPS) is 27.6. The first-order valence-electron chi connectivity index (χ1n) is 7.98. The first kappa shape index (κ1) is 16.9. The molecule has 1 heterocycles. The molecule has 3 atom stereocenters. The molecule has 0 unspecified atom stereocenters. The molecule has 24 heavy (non-hydrogen) atoms. The number of carbonyl (C=O) groups excluding carboxylic acids is 1. The highest BCUT2D eigenvalue weighted by atomic mass is 32.2. The minimum atomic E-state index is -3.95. The predicted molar refractivity (Wildman–Crippen MR) is 85.8 cm³/mol. The van der Waals surface area contributed by atoms with E-state index >= 15 is 0 Å². The largest absolute Gasteiger partial charge is 0.480 e. The first-order valence-corrected chi connectivity index (χ1v) is 9.42. The zero-order valence-electron chi connectivity index (χ0n) is 13.1. The molecule has 3 N–H and O–H groups in total. The standard InChI is InChI=1S/C16H20N2O5S/c17-15(19)10-5-7-12(8-6-10)24(22,23)18-13-4-2-1-3-11(13)9-14(18)16(20)21/h5-8,11,13-14H,1-4,9H2,(H2,17,19)(H,20,21)/t11-,13-,14-/m1/s1. The number of hydrogen-bond acceptors (Lipinski definition) is 4. The summed E-state index contributed by atoms with van der Waals surface area (Å²) >= 11 is 0. The third-order valence-electron chi connectivity index (χ3n) is 5.03. The Morgan fingerprint density at radius 1 is 1.12 bits per heavy atom. The summed E-state index contributed by atoms with van der Waals surface area (Å²) in [6.45, 7) is 0. The quantitative estimate of drug-likeness (QED) is 0.844. The van der Waals surface area contributed by atoms with E-state index in [0.717, 1.165) is 19.3 Å². The summed E-state index contributed by atoms with van der Waals surface area (Å²) < 4.78 is 27.2. The summed E-state index contributed by atoms with van der Waals surface area (Å²) in [5.74, 6) is -1.66. The third-order valence-corrected chi connectivity index (χ3v) is 6.98. The van der Waals surface area contributed by atoms with E-state index in [0.29, 0.717) is 12.8 Å². The Balaban J connectivity index is 1.99. The van der Waals surface area contributed by atoms with Gasteiger partial charge in [-0.15, -0.1) is 0 Å². The number of rotatable bonds is 4. The summed E-state index contributed by atoms with van der Waals surface area (Å²) in [7, 11) is -3.95. The molecule has 0 bridgehead atoms. The number of carboxylic acids is 1. The van der Waals surface area contributed by atoms with Gasteiger partial charge in [-0.05, 0) is 49.4 Å². The number of carboxylic acid groups (broad SMARTS) is 1. The molecule has 0 radical (unpaired) electrons. The molecule has 0 aromatic heterocycles. The molecule has 1 aliphatic carbocycles. The minimum Gasteiger partial charge on any atom is -0.480 e. The van der Waals surface area contributed by atoms with Crippen LogP contribution in [0.3, 0.4) is 0 Å². The van der Waals surface area contributed by atoms with Crippen molar-refractivity contribution in [2.45, 2.75) is 49.1 Å². The predicted octanol–water partition coefficient (Wildman–Crippen LogP) is 1.19. The Labute approximate surface area is 140 Å². The number of hydrogen-bond donors (Lipinski definition) is 2. The van der Waals surface area contributed by atoms with Crippen LogP contribution in [0.4, 0.5) is 0 Å². The number of amides is 1. The molecule has 1 saturated carbocycles. The highest BCUT2D eigenvalue weighted by Gasteiger charge is 2.51. The number of nitrogens with two attached hydrogens (primary N) is 1. The van der Waals surface area contributed by atoms with Gasteiger partial charge in [-0.1, -0.05) is 12.8 Å². The molecule has 7 nitrogen and oxygen atoms in total. The molecule has 3 rings (SSSR count). The van der Waals surface area contributed by atoms with E-state index < -0.39 is 27.9 Å². The average Bonchev–Trinajstić information content (AvgIpc) is 2.95. The van der Waals surface area contributed by atoms with Crippen LogP contribution in [-0.4, -0.2) is 41.8 Å². The average molecular weight is 352 g/mol. The van der Waals surface area contributed by atoms with Crippen molar-refractivity contribution in [1.29, 1.82) is 0 Å². The van der Waals surface area contributed by atoms with Gasteiger partial charge in [0.25, 0.3) is 0 Å². The SMILES string of the molecule is NC(=O)c1ccc(S(=O)(=O)N2[C@@H](C(=O)O)C[C@H]3CCCC[C@H]32)cc1. The number of primary amides is 1. The Bertz CT molecular complexity index is 759. The molecule has 8 heteroatoms. The zero-order valence-corrected chi connectivity index (χ0v) is 13.9. The number of sulfonamides is 1. The number of nitrogens with zero attached hydrogens (tertiary/aromatic N) is 1. The van der Waals surface area contributed by atoms with E-state index in [9.17, 15) is 23.1 Å². The summed E-state index contributed by atoms with van der Waals surface area (Å²) in [4.78, 5) is 22.7. The highest BCUT2D eigenvalue weighted by Crippen LogP contribution is 2.42. The van der Waals surface area contributed by atoms with Crippen molar-refractivity contribution < 1.29 is 23.1 Å². The van der Waals surface area contributed by atoms with Crippen LogP contribution in [0.15, 0.2) is 29.2 Å². The Kier molecular flexibility index (Phi) is 4.35. The molecule has 1 amide bonds. The minimum absolute atomic E-state index is 0.00928. The van der Waals surface area contributed by atoms with Gasteiger partial charge < -0.3 is 10.8 Å². The van der Waals surface area contributed by atoms with E-state index in [1.54, 1.807) is 0 Å². The van der Waals surface area contributed by atoms with Gasteiger partial charge in [0.1, 0.15) is 6.04 Å². The fraction of sp³-hybridized carbons (Fsp3) is 0.500. The highest BCUT2D eigenvalue weighted by molar-refractivity contribution is 7.89. The van der Waals surface area contributed by atoms with Gasteiger partial charge >= 0.3 is 5.97 Å². The molecular formula is C16H20N2O5S. The fourth-order valence-electron chi connectivity index (χ4n) is 3.89. The second-order valence-electron chi connectivity index (χ2n) is 6.43. The van der Waals surface area contributed by atoms with Gasteiger partial charge in [0.05, 0.1) is 4.90 Å². The van der Waals surface area contributed by atoms with Gasteiger partial charge in [0.15, 0.2) is 0 Å². The lowest BCUT2D eigenvalue weighted by atomic mass is 9.85. The molecule has 1 aromatic carbocycles. The van der Waals surface area contributed by atoms with Crippen LogP contribution < -0.4 is 5.73 Å². The fourth-order valence-corrected chi connectivity index (χ4v) is 5.76. The Hall–Kier alpha value is -1.93.